The lowest BCUT2D eigenvalue weighted by Gasteiger charge is -2.14. The molecule has 0 saturated heterocycles. The molecule has 108 valence electrons. The van der Waals surface area contributed by atoms with Crippen molar-refractivity contribution >= 4 is 0 Å². The molecule has 0 fully saturated rings. The maximum atomic E-state index is 6.18. The van der Waals surface area contributed by atoms with Gasteiger partial charge >= 0.3 is 0 Å². The minimum absolute atomic E-state index is 0.383. The van der Waals surface area contributed by atoms with E-state index in [9.17, 15) is 0 Å². The first-order valence-corrected chi connectivity index (χ1v) is 6.66. The Morgan fingerprint density at radius 3 is 2.50 bits per heavy atom. The SMILES string of the molecule is CCOc1ccc([C@@H](N)c2ncn(C)n2)cc1OCC. The monoisotopic (exact) mass is 276 g/mol. The largest absolute Gasteiger partial charge is 0.490 e. The second kappa shape index (κ2) is 6.38. The topological polar surface area (TPSA) is 75.2 Å². The first kappa shape index (κ1) is 14.3. The van der Waals surface area contributed by atoms with Gasteiger partial charge in [-0.05, 0) is 31.5 Å². The van der Waals surface area contributed by atoms with Crippen molar-refractivity contribution in [1.29, 1.82) is 0 Å². The summed E-state index contributed by atoms with van der Waals surface area (Å²) in [4.78, 5) is 4.18. The fourth-order valence-electron chi connectivity index (χ4n) is 1.91. The van der Waals surface area contributed by atoms with Crippen LogP contribution in [0.15, 0.2) is 24.5 Å². The van der Waals surface area contributed by atoms with Crippen molar-refractivity contribution in [2.24, 2.45) is 12.8 Å². The molecule has 0 unspecified atom stereocenters. The summed E-state index contributed by atoms with van der Waals surface area (Å²) in [7, 11) is 1.81. The minimum atomic E-state index is -0.383. The third-order valence-corrected chi connectivity index (χ3v) is 2.82. The van der Waals surface area contributed by atoms with Crippen molar-refractivity contribution in [3.63, 3.8) is 0 Å². The van der Waals surface area contributed by atoms with Crippen molar-refractivity contribution in [3.05, 3.63) is 35.9 Å². The van der Waals surface area contributed by atoms with Crippen LogP contribution >= 0.6 is 0 Å². The molecule has 0 aliphatic carbocycles. The van der Waals surface area contributed by atoms with E-state index >= 15 is 0 Å². The van der Waals surface area contributed by atoms with E-state index in [1.165, 1.54) is 0 Å². The predicted octanol–water partition coefficient (Wildman–Crippen LogP) is 1.66. The quantitative estimate of drug-likeness (QED) is 0.868. The van der Waals surface area contributed by atoms with Gasteiger partial charge in [-0.1, -0.05) is 6.07 Å². The third kappa shape index (κ3) is 3.08. The molecule has 0 spiro atoms. The summed E-state index contributed by atoms with van der Waals surface area (Å²) in [6, 6.07) is 5.28. The van der Waals surface area contributed by atoms with E-state index in [1.54, 1.807) is 11.0 Å². The molecule has 0 aliphatic rings. The molecule has 6 nitrogen and oxygen atoms in total. The summed E-state index contributed by atoms with van der Waals surface area (Å²) in [6.45, 7) is 5.03. The molecule has 0 amide bonds. The van der Waals surface area contributed by atoms with Crippen LogP contribution in [-0.4, -0.2) is 28.0 Å². The van der Waals surface area contributed by atoms with Crippen LogP contribution in [-0.2, 0) is 7.05 Å². The molecule has 2 rings (SSSR count). The number of rotatable bonds is 6. The predicted molar refractivity (Wildman–Crippen MR) is 75.8 cm³/mol. The zero-order valence-corrected chi connectivity index (χ0v) is 12.0. The first-order valence-electron chi connectivity index (χ1n) is 6.66. The molecule has 0 radical (unpaired) electrons. The number of hydrogen-bond donors (Lipinski definition) is 1. The van der Waals surface area contributed by atoms with Gasteiger partial charge < -0.3 is 15.2 Å². The Bertz CT molecular complexity index is 568. The van der Waals surface area contributed by atoms with E-state index in [-0.39, 0.29) is 6.04 Å². The maximum Gasteiger partial charge on any atom is 0.171 e. The summed E-state index contributed by atoms with van der Waals surface area (Å²) in [6.07, 6.45) is 1.63. The van der Waals surface area contributed by atoms with Gasteiger partial charge in [-0.2, -0.15) is 5.10 Å². The first-order chi connectivity index (χ1) is 9.65. The van der Waals surface area contributed by atoms with Gasteiger partial charge in [0.25, 0.3) is 0 Å². The van der Waals surface area contributed by atoms with Gasteiger partial charge in [-0.3, -0.25) is 4.68 Å². The fourth-order valence-corrected chi connectivity index (χ4v) is 1.91. The average Bonchev–Trinajstić information content (AvgIpc) is 2.87. The normalized spacial score (nSPS) is 12.2. The smallest absolute Gasteiger partial charge is 0.171 e. The molecular formula is C14H20N4O2. The Hall–Kier alpha value is -2.08. The van der Waals surface area contributed by atoms with Crippen LogP contribution in [0.1, 0.15) is 31.3 Å². The highest BCUT2D eigenvalue weighted by Gasteiger charge is 2.16. The van der Waals surface area contributed by atoms with Gasteiger partial charge in [0.15, 0.2) is 17.3 Å². The Labute approximate surface area is 118 Å². The zero-order chi connectivity index (χ0) is 14.5. The lowest BCUT2D eigenvalue weighted by Crippen LogP contribution is -2.14. The molecule has 2 aromatic rings. The molecule has 0 aliphatic heterocycles. The van der Waals surface area contributed by atoms with Gasteiger partial charge in [0.05, 0.1) is 19.3 Å². The van der Waals surface area contributed by atoms with E-state index in [1.807, 2.05) is 39.1 Å². The molecule has 0 saturated carbocycles. The molecule has 1 aromatic carbocycles. The van der Waals surface area contributed by atoms with E-state index < -0.39 is 0 Å². The summed E-state index contributed by atoms with van der Waals surface area (Å²) in [5, 5.41) is 4.23. The van der Waals surface area contributed by atoms with Crippen LogP contribution in [0.5, 0.6) is 11.5 Å². The lowest BCUT2D eigenvalue weighted by atomic mass is 10.1. The summed E-state index contributed by atoms with van der Waals surface area (Å²) in [5.74, 6) is 2.00. The highest BCUT2D eigenvalue weighted by molar-refractivity contribution is 5.44. The second-order valence-corrected chi connectivity index (χ2v) is 4.33. The van der Waals surface area contributed by atoms with Crippen molar-refractivity contribution in [1.82, 2.24) is 14.8 Å². The van der Waals surface area contributed by atoms with Crippen molar-refractivity contribution in [3.8, 4) is 11.5 Å². The van der Waals surface area contributed by atoms with Gasteiger partial charge in [0, 0.05) is 7.05 Å². The molecule has 1 atom stereocenters. The van der Waals surface area contributed by atoms with Gasteiger partial charge in [-0.15, -0.1) is 0 Å². The molecule has 1 heterocycles. The number of hydrogen-bond acceptors (Lipinski definition) is 5. The molecule has 2 N–H and O–H groups in total. The van der Waals surface area contributed by atoms with E-state index in [0.29, 0.717) is 24.8 Å². The van der Waals surface area contributed by atoms with Crippen LogP contribution in [0.2, 0.25) is 0 Å². The van der Waals surface area contributed by atoms with Crippen LogP contribution in [0.3, 0.4) is 0 Å². The Morgan fingerprint density at radius 1 is 1.20 bits per heavy atom. The number of nitrogens with two attached hydrogens (primary N) is 1. The standard InChI is InChI=1S/C14H20N4O2/c1-4-19-11-7-6-10(8-12(11)20-5-2)13(15)14-16-9-18(3)17-14/h6-9,13H,4-5,15H2,1-3H3/t13-/m1/s1. The zero-order valence-electron chi connectivity index (χ0n) is 12.0. The second-order valence-electron chi connectivity index (χ2n) is 4.33. The number of aromatic nitrogens is 3. The fraction of sp³-hybridized carbons (Fsp3) is 0.429. The van der Waals surface area contributed by atoms with Gasteiger partial charge in [0.1, 0.15) is 6.33 Å². The Kier molecular flexibility index (Phi) is 4.57. The highest BCUT2D eigenvalue weighted by Crippen LogP contribution is 2.31. The minimum Gasteiger partial charge on any atom is -0.490 e. The maximum absolute atomic E-state index is 6.18. The van der Waals surface area contributed by atoms with E-state index in [2.05, 4.69) is 10.1 Å². The van der Waals surface area contributed by atoms with Crippen molar-refractivity contribution < 1.29 is 9.47 Å². The molecular weight excluding hydrogens is 256 g/mol. The Morgan fingerprint density at radius 2 is 1.90 bits per heavy atom. The van der Waals surface area contributed by atoms with Crippen molar-refractivity contribution in [2.45, 2.75) is 19.9 Å². The molecule has 0 bridgehead atoms. The van der Waals surface area contributed by atoms with Gasteiger partial charge in [0.2, 0.25) is 0 Å². The number of aryl methyl sites for hydroxylation is 1. The van der Waals surface area contributed by atoms with Gasteiger partial charge in [-0.25, -0.2) is 4.98 Å². The molecule has 1 aromatic heterocycles. The van der Waals surface area contributed by atoms with E-state index in [0.717, 1.165) is 11.3 Å². The molecule has 6 heteroatoms. The van der Waals surface area contributed by atoms with Crippen LogP contribution in [0.25, 0.3) is 0 Å². The Balaban J connectivity index is 2.29. The number of ether oxygens (including phenoxy) is 2. The third-order valence-electron chi connectivity index (χ3n) is 2.82. The highest BCUT2D eigenvalue weighted by atomic mass is 16.5. The van der Waals surface area contributed by atoms with E-state index in [4.69, 9.17) is 15.2 Å². The summed E-state index contributed by atoms with van der Waals surface area (Å²) >= 11 is 0. The number of nitrogens with zero attached hydrogens (tertiary/aromatic N) is 3. The molecule has 20 heavy (non-hydrogen) atoms. The summed E-state index contributed by atoms with van der Waals surface area (Å²) < 4.78 is 12.8. The van der Waals surface area contributed by atoms with Crippen LogP contribution < -0.4 is 15.2 Å². The lowest BCUT2D eigenvalue weighted by molar-refractivity contribution is 0.287. The summed E-state index contributed by atoms with van der Waals surface area (Å²) in [5.41, 5.74) is 7.08. The van der Waals surface area contributed by atoms with Crippen molar-refractivity contribution in [2.75, 3.05) is 13.2 Å². The average molecular weight is 276 g/mol. The van der Waals surface area contributed by atoms with Crippen LogP contribution in [0, 0.1) is 0 Å². The number of benzene rings is 1. The van der Waals surface area contributed by atoms with Crippen LogP contribution in [0.4, 0.5) is 0 Å².